The SMILES string of the molecule is O=C(c1cccs1)N1C[C@@H]2CN(c3ncc(F)cn3)C[C@@H]2C1. The fourth-order valence-corrected chi connectivity index (χ4v) is 4.04. The third-order valence-electron chi connectivity index (χ3n) is 4.39. The number of halogens is 1. The minimum absolute atomic E-state index is 0.133. The van der Waals surface area contributed by atoms with E-state index < -0.39 is 5.82 Å². The van der Waals surface area contributed by atoms with Crippen LogP contribution in [0, 0.1) is 17.7 Å². The molecule has 2 atom stereocenters. The van der Waals surface area contributed by atoms with E-state index in [1.54, 1.807) is 0 Å². The Morgan fingerprint density at radius 2 is 1.86 bits per heavy atom. The Kier molecular flexibility index (Phi) is 3.29. The van der Waals surface area contributed by atoms with Crippen molar-refractivity contribution < 1.29 is 9.18 Å². The van der Waals surface area contributed by atoms with Crippen LogP contribution >= 0.6 is 11.3 Å². The molecule has 2 aliphatic heterocycles. The van der Waals surface area contributed by atoms with E-state index in [0.29, 0.717) is 17.8 Å². The summed E-state index contributed by atoms with van der Waals surface area (Å²) in [6, 6.07) is 3.78. The minimum Gasteiger partial charge on any atom is -0.340 e. The molecule has 2 aromatic heterocycles. The maximum atomic E-state index is 12.9. The van der Waals surface area contributed by atoms with Gasteiger partial charge in [-0.05, 0) is 11.4 Å². The van der Waals surface area contributed by atoms with Gasteiger partial charge in [-0.15, -0.1) is 11.3 Å². The van der Waals surface area contributed by atoms with Crippen LogP contribution in [0.4, 0.5) is 10.3 Å². The molecule has 4 heterocycles. The highest BCUT2D eigenvalue weighted by molar-refractivity contribution is 7.12. The first kappa shape index (κ1) is 13.6. The van der Waals surface area contributed by atoms with Crippen molar-refractivity contribution in [2.75, 3.05) is 31.1 Å². The van der Waals surface area contributed by atoms with Crippen LogP contribution in [-0.2, 0) is 0 Å². The van der Waals surface area contributed by atoms with Crippen LogP contribution in [0.3, 0.4) is 0 Å². The Morgan fingerprint density at radius 3 is 2.45 bits per heavy atom. The second-order valence-electron chi connectivity index (χ2n) is 5.81. The maximum absolute atomic E-state index is 12.9. The lowest BCUT2D eigenvalue weighted by molar-refractivity contribution is 0.0787. The summed E-state index contributed by atoms with van der Waals surface area (Å²) in [5.41, 5.74) is 0. The van der Waals surface area contributed by atoms with Gasteiger partial charge in [-0.1, -0.05) is 6.07 Å². The topological polar surface area (TPSA) is 49.3 Å². The molecular weight excluding hydrogens is 303 g/mol. The zero-order valence-corrected chi connectivity index (χ0v) is 12.7. The first-order chi connectivity index (χ1) is 10.7. The molecule has 2 aromatic rings. The Labute approximate surface area is 131 Å². The van der Waals surface area contributed by atoms with Gasteiger partial charge in [0.1, 0.15) is 0 Å². The van der Waals surface area contributed by atoms with E-state index in [9.17, 15) is 9.18 Å². The van der Waals surface area contributed by atoms with Gasteiger partial charge < -0.3 is 9.80 Å². The predicted octanol–water partition coefficient (Wildman–Crippen LogP) is 1.89. The van der Waals surface area contributed by atoms with Crippen molar-refractivity contribution in [1.82, 2.24) is 14.9 Å². The fraction of sp³-hybridized carbons (Fsp3) is 0.400. The van der Waals surface area contributed by atoms with E-state index in [1.807, 2.05) is 22.4 Å². The number of thiophene rings is 1. The first-order valence-corrected chi connectivity index (χ1v) is 8.14. The number of carbonyl (C=O) groups excluding carboxylic acids is 1. The van der Waals surface area contributed by atoms with E-state index in [1.165, 1.54) is 23.7 Å². The van der Waals surface area contributed by atoms with Gasteiger partial charge in [0.05, 0.1) is 17.3 Å². The Bertz CT molecular complexity index is 661. The lowest BCUT2D eigenvalue weighted by Crippen LogP contribution is -2.33. The number of hydrogen-bond acceptors (Lipinski definition) is 5. The first-order valence-electron chi connectivity index (χ1n) is 7.26. The highest BCUT2D eigenvalue weighted by Gasteiger charge is 2.42. The summed E-state index contributed by atoms with van der Waals surface area (Å²) >= 11 is 1.49. The highest BCUT2D eigenvalue weighted by atomic mass is 32.1. The van der Waals surface area contributed by atoms with Gasteiger partial charge in [0.25, 0.3) is 5.91 Å². The average Bonchev–Trinajstić information content (AvgIpc) is 3.23. The Balaban J connectivity index is 1.42. The standard InChI is InChI=1S/C15H15FN4OS/c16-12-4-17-15(18-5-12)20-8-10-6-19(7-11(10)9-20)14(21)13-2-1-3-22-13/h1-5,10-11H,6-9H2/t10-,11+. The number of nitrogens with zero attached hydrogens (tertiary/aromatic N) is 4. The van der Waals surface area contributed by atoms with Gasteiger partial charge in [0, 0.05) is 38.0 Å². The predicted molar refractivity (Wildman–Crippen MR) is 81.4 cm³/mol. The van der Waals surface area contributed by atoms with Gasteiger partial charge in [0.2, 0.25) is 5.95 Å². The van der Waals surface area contributed by atoms with Crippen LogP contribution in [0.1, 0.15) is 9.67 Å². The summed E-state index contributed by atoms with van der Waals surface area (Å²) in [5.74, 6) is 1.17. The molecule has 0 aliphatic carbocycles. The molecule has 0 radical (unpaired) electrons. The fourth-order valence-electron chi connectivity index (χ4n) is 3.35. The van der Waals surface area contributed by atoms with Gasteiger partial charge in [-0.3, -0.25) is 4.79 Å². The van der Waals surface area contributed by atoms with Crippen molar-refractivity contribution >= 4 is 23.2 Å². The molecular formula is C15H15FN4OS. The van der Waals surface area contributed by atoms with Gasteiger partial charge in [-0.25, -0.2) is 14.4 Å². The van der Waals surface area contributed by atoms with Crippen LogP contribution in [0.2, 0.25) is 0 Å². The molecule has 1 amide bonds. The van der Waals surface area contributed by atoms with Gasteiger partial charge >= 0.3 is 0 Å². The summed E-state index contributed by atoms with van der Waals surface area (Å²) in [7, 11) is 0. The zero-order valence-electron chi connectivity index (χ0n) is 11.9. The van der Waals surface area contributed by atoms with Crippen molar-refractivity contribution in [3.63, 3.8) is 0 Å². The largest absolute Gasteiger partial charge is 0.340 e. The molecule has 4 rings (SSSR count). The third-order valence-corrected chi connectivity index (χ3v) is 5.25. The third kappa shape index (κ3) is 2.35. The number of aromatic nitrogens is 2. The Morgan fingerprint density at radius 1 is 1.18 bits per heavy atom. The number of rotatable bonds is 2. The molecule has 5 nitrogen and oxygen atoms in total. The molecule has 2 saturated heterocycles. The number of carbonyl (C=O) groups is 1. The van der Waals surface area contributed by atoms with Crippen LogP contribution in [0.5, 0.6) is 0 Å². The van der Waals surface area contributed by atoms with E-state index in [0.717, 1.165) is 31.1 Å². The molecule has 0 aromatic carbocycles. The normalized spacial score (nSPS) is 23.9. The molecule has 0 bridgehead atoms. The minimum atomic E-state index is -0.420. The molecule has 0 unspecified atom stereocenters. The van der Waals surface area contributed by atoms with Gasteiger partial charge in [0.15, 0.2) is 5.82 Å². The second-order valence-corrected chi connectivity index (χ2v) is 6.76. The monoisotopic (exact) mass is 318 g/mol. The van der Waals surface area contributed by atoms with E-state index >= 15 is 0 Å². The molecule has 2 aliphatic rings. The number of likely N-dealkylation sites (tertiary alicyclic amines) is 1. The van der Waals surface area contributed by atoms with Crippen molar-refractivity contribution in [2.24, 2.45) is 11.8 Å². The van der Waals surface area contributed by atoms with Crippen LogP contribution in [0.15, 0.2) is 29.9 Å². The number of amides is 1. The van der Waals surface area contributed by atoms with Crippen molar-refractivity contribution in [3.05, 3.63) is 40.6 Å². The number of fused-ring (bicyclic) bond motifs is 1. The van der Waals surface area contributed by atoms with Crippen LogP contribution in [0.25, 0.3) is 0 Å². The molecule has 2 fully saturated rings. The lowest BCUT2D eigenvalue weighted by atomic mass is 10.0. The molecule has 0 spiro atoms. The second kappa shape index (κ2) is 5.31. The van der Waals surface area contributed by atoms with E-state index in [-0.39, 0.29) is 5.91 Å². The lowest BCUT2D eigenvalue weighted by Gasteiger charge is -2.21. The van der Waals surface area contributed by atoms with Gasteiger partial charge in [-0.2, -0.15) is 0 Å². The van der Waals surface area contributed by atoms with Crippen molar-refractivity contribution in [3.8, 4) is 0 Å². The van der Waals surface area contributed by atoms with E-state index in [4.69, 9.17) is 0 Å². The highest BCUT2D eigenvalue weighted by Crippen LogP contribution is 2.33. The molecule has 0 saturated carbocycles. The Hall–Kier alpha value is -2.02. The van der Waals surface area contributed by atoms with Crippen molar-refractivity contribution in [2.45, 2.75) is 0 Å². The average molecular weight is 318 g/mol. The zero-order chi connectivity index (χ0) is 15.1. The molecule has 114 valence electrons. The quantitative estimate of drug-likeness (QED) is 0.848. The van der Waals surface area contributed by atoms with Crippen LogP contribution < -0.4 is 4.90 Å². The molecule has 0 N–H and O–H groups in total. The summed E-state index contributed by atoms with van der Waals surface area (Å²) in [6.07, 6.45) is 2.39. The molecule has 7 heteroatoms. The number of hydrogen-bond donors (Lipinski definition) is 0. The maximum Gasteiger partial charge on any atom is 0.263 e. The summed E-state index contributed by atoms with van der Waals surface area (Å²) in [5, 5.41) is 1.93. The van der Waals surface area contributed by atoms with Crippen LogP contribution in [-0.4, -0.2) is 47.0 Å². The summed E-state index contributed by atoms with van der Waals surface area (Å²) < 4.78 is 12.9. The van der Waals surface area contributed by atoms with Crippen molar-refractivity contribution in [1.29, 1.82) is 0 Å². The summed E-state index contributed by atoms with van der Waals surface area (Å²) in [4.78, 5) is 25.3. The summed E-state index contributed by atoms with van der Waals surface area (Å²) in [6.45, 7) is 3.20. The number of anilines is 1. The molecule has 22 heavy (non-hydrogen) atoms. The smallest absolute Gasteiger partial charge is 0.263 e. The van der Waals surface area contributed by atoms with E-state index in [2.05, 4.69) is 14.9 Å².